The van der Waals surface area contributed by atoms with Gasteiger partial charge in [0.25, 0.3) is 5.56 Å². The molecule has 2 aliphatic carbocycles. The van der Waals surface area contributed by atoms with Crippen molar-refractivity contribution >= 4 is 22.6 Å². The molecule has 1 heterocycles. The number of halogens is 3. The standard InChI is InChI=1S/C25H25F2IN2O/c1-24(2)18-10-11-25(24,3)22-21(18)23(31)30(20-9-8-17(26)12-19(20)27)29(22)14-16-6-4-15(13-28)5-7-16/h4-9,12,18H,10-11,13-14H2,1-3H3/t18-,25+/m1/s1. The summed E-state index contributed by atoms with van der Waals surface area (Å²) in [6.07, 6.45) is 1.97. The fourth-order valence-corrected chi connectivity index (χ4v) is 6.35. The monoisotopic (exact) mass is 534 g/mol. The van der Waals surface area contributed by atoms with Gasteiger partial charge in [-0.15, -0.1) is 0 Å². The Morgan fingerprint density at radius 1 is 1.06 bits per heavy atom. The molecule has 0 amide bonds. The SMILES string of the molecule is CC1(C)[C@@H]2CC[C@@]1(C)c1c2c(=O)n(-c2ccc(F)cc2F)n1Cc1ccc(CI)cc1. The van der Waals surface area contributed by atoms with Crippen LogP contribution in [0.5, 0.6) is 0 Å². The van der Waals surface area contributed by atoms with E-state index in [1.807, 2.05) is 4.68 Å². The van der Waals surface area contributed by atoms with Gasteiger partial charge < -0.3 is 0 Å². The molecule has 0 saturated heterocycles. The van der Waals surface area contributed by atoms with Crippen LogP contribution < -0.4 is 5.56 Å². The van der Waals surface area contributed by atoms with Crippen molar-refractivity contribution in [3.63, 3.8) is 0 Å². The second-order valence-corrected chi connectivity index (χ2v) is 10.4. The molecule has 162 valence electrons. The van der Waals surface area contributed by atoms with E-state index < -0.39 is 11.6 Å². The molecular formula is C25H25F2IN2O. The van der Waals surface area contributed by atoms with Crippen molar-refractivity contribution in [2.45, 2.75) is 55.9 Å². The first-order chi connectivity index (χ1) is 14.7. The zero-order chi connectivity index (χ0) is 22.1. The van der Waals surface area contributed by atoms with Crippen LogP contribution in [-0.2, 0) is 16.4 Å². The maximum absolute atomic E-state index is 14.8. The lowest BCUT2D eigenvalue weighted by Gasteiger charge is -2.36. The summed E-state index contributed by atoms with van der Waals surface area (Å²) in [5.74, 6) is -1.23. The molecular weight excluding hydrogens is 509 g/mol. The summed E-state index contributed by atoms with van der Waals surface area (Å²) in [5, 5.41) is 0. The first kappa shape index (κ1) is 20.9. The van der Waals surface area contributed by atoms with Crippen LogP contribution in [0.25, 0.3) is 5.69 Å². The Kier molecular flexibility index (Phi) is 4.74. The highest BCUT2D eigenvalue weighted by atomic mass is 127. The number of hydrogen-bond donors (Lipinski definition) is 0. The minimum atomic E-state index is -0.725. The molecule has 2 atom stereocenters. The molecule has 2 bridgehead atoms. The van der Waals surface area contributed by atoms with Gasteiger partial charge in [0.1, 0.15) is 11.5 Å². The van der Waals surface area contributed by atoms with E-state index in [4.69, 9.17) is 0 Å². The highest BCUT2D eigenvalue weighted by Gasteiger charge is 2.62. The lowest BCUT2D eigenvalue weighted by Crippen LogP contribution is -2.36. The van der Waals surface area contributed by atoms with Gasteiger partial charge in [0.05, 0.1) is 12.2 Å². The number of alkyl halides is 1. The number of hydrogen-bond acceptors (Lipinski definition) is 1. The molecule has 0 radical (unpaired) electrons. The van der Waals surface area contributed by atoms with Crippen LogP contribution in [0.3, 0.4) is 0 Å². The molecule has 2 aliphatic rings. The molecule has 6 heteroatoms. The summed E-state index contributed by atoms with van der Waals surface area (Å²) >= 11 is 2.33. The predicted molar refractivity (Wildman–Crippen MR) is 126 cm³/mol. The van der Waals surface area contributed by atoms with Crippen molar-refractivity contribution < 1.29 is 8.78 Å². The zero-order valence-corrected chi connectivity index (χ0v) is 20.0. The highest BCUT2D eigenvalue weighted by Crippen LogP contribution is 2.67. The summed E-state index contributed by atoms with van der Waals surface area (Å²) in [6.45, 7) is 7.18. The highest BCUT2D eigenvalue weighted by molar-refractivity contribution is 14.1. The summed E-state index contributed by atoms with van der Waals surface area (Å²) < 4.78 is 32.8. The quantitative estimate of drug-likeness (QED) is 0.295. The smallest absolute Gasteiger partial charge is 0.275 e. The van der Waals surface area contributed by atoms with Crippen LogP contribution in [0.15, 0.2) is 47.3 Å². The van der Waals surface area contributed by atoms with Crippen LogP contribution >= 0.6 is 22.6 Å². The normalized spacial score (nSPS) is 23.4. The van der Waals surface area contributed by atoms with Crippen molar-refractivity contribution in [2.75, 3.05) is 0 Å². The first-order valence-electron chi connectivity index (χ1n) is 10.6. The molecule has 3 aromatic rings. The van der Waals surface area contributed by atoms with Crippen molar-refractivity contribution in [2.24, 2.45) is 5.41 Å². The molecule has 0 aliphatic heterocycles. The van der Waals surface area contributed by atoms with Crippen LogP contribution in [0.2, 0.25) is 0 Å². The number of fused-ring (bicyclic) bond motifs is 5. The van der Waals surface area contributed by atoms with E-state index in [0.29, 0.717) is 6.54 Å². The summed E-state index contributed by atoms with van der Waals surface area (Å²) in [6, 6.07) is 11.7. The molecule has 0 unspecified atom stereocenters. The van der Waals surface area contributed by atoms with Crippen molar-refractivity contribution in [3.8, 4) is 5.69 Å². The fraction of sp³-hybridized carbons (Fsp3) is 0.400. The van der Waals surface area contributed by atoms with Gasteiger partial charge >= 0.3 is 0 Å². The van der Waals surface area contributed by atoms with Gasteiger partial charge in [0.2, 0.25) is 0 Å². The molecule has 1 aromatic heterocycles. The lowest BCUT2D eigenvalue weighted by atomic mass is 9.70. The van der Waals surface area contributed by atoms with E-state index in [9.17, 15) is 13.6 Å². The van der Waals surface area contributed by atoms with Crippen molar-refractivity contribution in [3.05, 3.63) is 86.8 Å². The fourth-order valence-electron chi connectivity index (χ4n) is 5.84. The zero-order valence-electron chi connectivity index (χ0n) is 17.9. The van der Waals surface area contributed by atoms with Crippen molar-refractivity contribution in [1.29, 1.82) is 0 Å². The van der Waals surface area contributed by atoms with Crippen LogP contribution in [0, 0.1) is 17.0 Å². The van der Waals surface area contributed by atoms with Crippen molar-refractivity contribution in [1.82, 2.24) is 9.36 Å². The number of nitrogens with zero attached hydrogens (tertiary/aromatic N) is 2. The lowest BCUT2D eigenvalue weighted by molar-refractivity contribution is 0.216. The van der Waals surface area contributed by atoms with Gasteiger partial charge in [-0.1, -0.05) is 67.6 Å². The second kappa shape index (κ2) is 7.02. The molecule has 31 heavy (non-hydrogen) atoms. The minimum absolute atomic E-state index is 0.0376. The Bertz CT molecular complexity index is 1240. The molecule has 2 aromatic carbocycles. The van der Waals surface area contributed by atoms with E-state index in [-0.39, 0.29) is 28.0 Å². The number of rotatable bonds is 4. The third-order valence-electron chi connectivity index (χ3n) is 7.92. The van der Waals surface area contributed by atoms with Crippen LogP contribution in [0.4, 0.5) is 8.78 Å². The third kappa shape index (κ3) is 2.82. The van der Waals surface area contributed by atoms with Crippen LogP contribution in [0.1, 0.15) is 61.9 Å². The van der Waals surface area contributed by atoms with Gasteiger partial charge in [0, 0.05) is 21.5 Å². The van der Waals surface area contributed by atoms with E-state index in [1.54, 1.807) is 0 Å². The average Bonchev–Trinajstić information content (AvgIpc) is 3.21. The van der Waals surface area contributed by atoms with Gasteiger partial charge in [-0.25, -0.2) is 13.5 Å². The molecule has 1 saturated carbocycles. The maximum Gasteiger partial charge on any atom is 0.275 e. The molecule has 0 spiro atoms. The summed E-state index contributed by atoms with van der Waals surface area (Å²) in [7, 11) is 0. The molecule has 5 rings (SSSR count). The number of benzene rings is 2. The largest absolute Gasteiger partial charge is 0.277 e. The van der Waals surface area contributed by atoms with Gasteiger partial charge in [-0.2, -0.15) is 0 Å². The first-order valence-corrected chi connectivity index (χ1v) is 12.2. The van der Waals surface area contributed by atoms with E-state index in [0.717, 1.165) is 40.2 Å². The number of aromatic nitrogens is 2. The Balaban J connectivity index is 1.76. The van der Waals surface area contributed by atoms with Crippen LogP contribution in [-0.4, -0.2) is 9.36 Å². The minimum Gasteiger partial charge on any atom is -0.277 e. The Morgan fingerprint density at radius 2 is 1.74 bits per heavy atom. The molecule has 0 N–H and O–H groups in total. The summed E-state index contributed by atoms with van der Waals surface area (Å²) in [4.78, 5) is 13.7. The van der Waals surface area contributed by atoms with E-state index >= 15 is 0 Å². The Hall–Kier alpha value is -1.96. The van der Waals surface area contributed by atoms with Gasteiger partial charge in [-0.05, 0) is 47.4 Å². The Morgan fingerprint density at radius 3 is 2.39 bits per heavy atom. The maximum atomic E-state index is 14.8. The van der Waals surface area contributed by atoms with E-state index in [1.165, 1.54) is 22.4 Å². The average molecular weight is 534 g/mol. The second-order valence-electron chi connectivity index (χ2n) is 9.63. The summed E-state index contributed by atoms with van der Waals surface area (Å²) in [5.41, 5.74) is 3.83. The Labute approximate surface area is 194 Å². The molecule has 1 fully saturated rings. The predicted octanol–water partition coefficient (Wildman–Crippen LogP) is 6.08. The molecule has 3 nitrogen and oxygen atoms in total. The van der Waals surface area contributed by atoms with Gasteiger partial charge in [-0.3, -0.25) is 9.48 Å². The third-order valence-corrected chi connectivity index (χ3v) is 8.80. The topological polar surface area (TPSA) is 26.9 Å². The van der Waals surface area contributed by atoms with E-state index in [2.05, 4.69) is 67.6 Å². The van der Waals surface area contributed by atoms with Gasteiger partial charge in [0.15, 0.2) is 5.82 Å².